The largest absolute Gasteiger partial charge is 0.351 e. The fourth-order valence-corrected chi connectivity index (χ4v) is 4.18. The number of carbonyl (C=O) groups excluding carboxylic acids is 2. The van der Waals surface area contributed by atoms with Crippen molar-refractivity contribution in [3.05, 3.63) is 71.3 Å². The molecule has 1 saturated heterocycles. The molecule has 0 aliphatic carbocycles. The monoisotopic (exact) mass is 429 g/mol. The summed E-state index contributed by atoms with van der Waals surface area (Å²) in [5.41, 5.74) is 2.72. The molecule has 2 amide bonds. The minimum atomic E-state index is -3.54. The van der Waals surface area contributed by atoms with Gasteiger partial charge in [0.05, 0.1) is 12.8 Å². The van der Waals surface area contributed by atoms with Crippen molar-refractivity contribution < 1.29 is 18.0 Å². The number of rotatable bonds is 9. The Bertz CT molecular complexity index is 992. The number of likely N-dealkylation sites (tertiary alicyclic amines) is 1. The highest BCUT2D eigenvalue weighted by Gasteiger charge is 2.22. The second kappa shape index (κ2) is 9.86. The van der Waals surface area contributed by atoms with E-state index in [1.807, 2.05) is 59.5 Å². The zero-order valence-electron chi connectivity index (χ0n) is 17.1. The summed E-state index contributed by atoms with van der Waals surface area (Å²) in [7, 11) is -3.54. The second-order valence-corrected chi connectivity index (χ2v) is 9.46. The van der Waals surface area contributed by atoms with E-state index in [4.69, 9.17) is 0 Å². The third-order valence-corrected chi connectivity index (χ3v) is 6.31. The van der Waals surface area contributed by atoms with E-state index < -0.39 is 10.0 Å². The van der Waals surface area contributed by atoms with Crippen LogP contribution < -0.4 is 5.32 Å². The van der Waals surface area contributed by atoms with Crippen LogP contribution in [0, 0.1) is 0 Å². The van der Waals surface area contributed by atoms with Gasteiger partial charge in [-0.3, -0.25) is 9.59 Å². The number of hydrogen-bond acceptors (Lipinski definition) is 4. The number of sulfonamides is 1. The smallest absolute Gasteiger partial charge is 0.235 e. The molecule has 3 rings (SSSR count). The van der Waals surface area contributed by atoms with Gasteiger partial charge in [-0.2, -0.15) is 4.31 Å². The first-order chi connectivity index (χ1) is 14.3. The summed E-state index contributed by atoms with van der Waals surface area (Å²) in [5, 5.41) is 2.82. The van der Waals surface area contributed by atoms with E-state index in [2.05, 4.69) is 5.32 Å². The van der Waals surface area contributed by atoms with Crippen LogP contribution >= 0.6 is 0 Å². The zero-order valence-corrected chi connectivity index (χ0v) is 17.9. The molecule has 0 aromatic heterocycles. The Balaban J connectivity index is 1.61. The van der Waals surface area contributed by atoms with Gasteiger partial charge in [-0.1, -0.05) is 54.6 Å². The maximum atomic E-state index is 12.5. The van der Waals surface area contributed by atoms with E-state index in [9.17, 15) is 18.0 Å². The summed E-state index contributed by atoms with van der Waals surface area (Å²) in [5.74, 6) is -0.220. The summed E-state index contributed by atoms with van der Waals surface area (Å²) < 4.78 is 25.4. The van der Waals surface area contributed by atoms with E-state index in [1.165, 1.54) is 0 Å². The van der Waals surface area contributed by atoms with Gasteiger partial charge in [0.15, 0.2) is 0 Å². The topological polar surface area (TPSA) is 86.8 Å². The molecule has 8 heteroatoms. The lowest BCUT2D eigenvalue weighted by molar-refractivity contribution is -0.128. The predicted molar refractivity (Wildman–Crippen MR) is 115 cm³/mol. The van der Waals surface area contributed by atoms with Crippen LogP contribution in [0.25, 0.3) is 0 Å². The van der Waals surface area contributed by atoms with Gasteiger partial charge < -0.3 is 10.2 Å². The fourth-order valence-electron chi connectivity index (χ4n) is 3.45. The Hall–Kier alpha value is -2.71. The van der Waals surface area contributed by atoms with E-state index in [-0.39, 0.29) is 31.4 Å². The first-order valence-electron chi connectivity index (χ1n) is 9.93. The number of amides is 2. The van der Waals surface area contributed by atoms with Crippen LogP contribution in [-0.4, -0.2) is 48.8 Å². The Morgan fingerprint density at radius 2 is 1.73 bits per heavy atom. The lowest BCUT2D eigenvalue weighted by Gasteiger charge is -2.21. The van der Waals surface area contributed by atoms with Crippen molar-refractivity contribution in [1.29, 1.82) is 0 Å². The first-order valence-corrected chi connectivity index (χ1v) is 11.8. The van der Waals surface area contributed by atoms with Gasteiger partial charge in [-0.25, -0.2) is 8.42 Å². The molecule has 0 saturated carbocycles. The third-order valence-electron chi connectivity index (χ3n) is 5.12. The standard InChI is InChI=1S/C22H27N3O4S/c1-30(28,29)25(15-18-8-3-2-4-9-18)17-21(26)23-14-19-10-5-6-11-20(19)16-24-13-7-12-22(24)27/h2-6,8-11H,7,12-17H2,1H3,(H,23,26). The Labute approximate surface area is 177 Å². The van der Waals surface area contributed by atoms with Gasteiger partial charge in [-0.05, 0) is 23.1 Å². The lowest BCUT2D eigenvalue weighted by Crippen LogP contribution is -2.39. The van der Waals surface area contributed by atoms with Crippen LogP contribution in [0.5, 0.6) is 0 Å². The highest BCUT2D eigenvalue weighted by Crippen LogP contribution is 2.17. The molecule has 7 nitrogen and oxygen atoms in total. The second-order valence-electron chi connectivity index (χ2n) is 7.48. The van der Waals surface area contributed by atoms with Gasteiger partial charge in [-0.15, -0.1) is 0 Å². The number of nitrogens with one attached hydrogen (secondary N) is 1. The van der Waals surface area contributed by atoms with Gasteiger partial charge >= 0.3 is 0 Å². The van der Waals surface area contributed by atoms with Crippen molar-refractivity contribution in [1.82, 2.24) is 14.5 Å². The van der Waals surface area contributed by atoms with E-state index in [1.54, 1.807) is 0 Å². The first kappa shape index (κ1) is 22.0. The van der Waals surface area contributed by atoms with Crippen molar-refractivity contribution in [2.75, 3.05) is 19.3 Å². The molecular weight excluding hydrogens is 402 g/mol. The molecule has 1 aliphatic heterocycles. The van der Waals surface area contributed by atoms with Crippen LogP contribution in [0.1, 0.15) is 29.5 Å². The molecule has 0 bridgehead atoms. The van der Waals surface area contributed by atoms with Crippen molar-refractivity contribution in [2.24, 2.45) is 0 Å². The van der Waals surface area contributed by atoms with Crippen molar-refractivity contribution in [3.63, 3.8) is 0 Å². The quantitative estimate of drug-likeness (QED) is 0.660. The minimum Gasteiger partial charge on any atom is -0.351 e. The normalized spacial score (nSPS) is 14.3. The molecular formula is C22H27N3O4S. The van der Waals surface area contributed by atoms with Crippen LogP contribution in [0.2, 0.25) is 0 Å². The highest BCUT2D eigenvalue weighted by molar-refractivity contribution is 7.88. The molecule has 2 aromatic carbocycles. The van der Waals surface area contributed by atoms with Crippen molar-refractivity contribution in [2.45, 2.75) is 32.5 Å². The van der Waals surface area contributed by atoms with E-state index in [0.717, 1.165) is 40.2 Å². The molecule has 0 atom stereocenters. The van der Waals surface area contributed by atoms with Crippen LogP contribution in [0.3, 0.4) is 0 Å². The van der Waals surface area contributed by atoms with Gasteiger partial charge in [0.2, 0.25) is 21.8 Å². The maximum absolute atomic E-state index is 12.5. The SMILES string of the molecule is CS(=O)(=O)N(CC(=O)NCc1ccccc1CN1CCCC1=O)Cc1ccccc1. The molecule has 0 radical (unpaired) electrons. The fraction of sp³-hybridized carbons (Fsp3) is 0.364. The molecule has 160 valence electrons. The minimum absolute atomic E-state index is 0.140. The Morgan fingerprint density at radius 3 is 2.37 bits per heavy atom. The van der Waals surface area contributed by atoms with Crippen LogP contribution in [0.4, 0.5) is 0 Å². The average molecular weight is 430 g/mol. The third kappa shape index (κ3) is 6.14. The number of carbonyl (C=O) groups is 2. The molecule has 1 aliphatic rings. The van der Waals surface area contributed by atoms with Crippen LogP contribution in [0.15, 0.2) is 54.6 Å². The molecule has 30 heavy (non-hydrogen) atoms. The molecule has 1 heterocycles. The number of benzene rings is 2. The molecule has 1 N–H and O–H groups in total. The van der Waals surface area contributed by atoms with Crippen molar-refractivity contribution in [3.8, 4) is 0 Å². The summed E-state index contributed by atoms with van der Waals surface area (Å²) in [6.45, 7) is 1.44. The number of hydrogen-bond donors (Lipinski definition) is 1. The van der Waals surface area contributed by atoms with E-state index in [0.29, 0.717) is 13.0 Å². The summed E-state index contributed by atoms with van der Waals surface area (Å²) >= 11 is 0. The Kier molecular flexibility index (Phi) is 7.23. The van der Waals surface area contributed by atoms with Gasteiger partial charge in [0.25, 0.3) is 0 Å². The van der Waals surface area contributed by atoms with Crippen LogP contribution in [-0.2, 0) is 39.2 Å². The molecule has 2 aromatic rings. The molecule has 0 unspecified atom stereocenters. The van der Waals surface area contributed by atoms with Gasteiger partial charge in [0, 0.05) is 32.6 Å². The summed E-state index contributed by atoms with van der Waals surface area (Å²) in [4.78, 5) is 26.2. The summed E-state index contributed by atoms with van der Waals surface area (Å²) in [6.07, 6.45) is 2.56. The average Bonchev–Trinajstić information content (AvgIpc) is 3.11. The molecule has 0 spiro atoms. The van der Waals surface area contributed by atoms with Gasteiger partial charge in [0.1, 0.15) is 0 Å². The van der Waals surface area contributed by atoms with E-state index >= 15 is 0 Å². The molecule has 1 fully saturated rings. The number of nitrogens with zero attached hydrogens (tertiary/aromatic N) is 2. The maximum Gasteiger partial charge on any atom is 0.235 e. The highest BCUT2D eigenvalue weighted by atomic mass is 32.2. The van der Waals surface area contributed by atoms with Crippen molar-refractivity contribution >= 4 is 21.8 Å². The Morgan fingerprint density at radius 1 is 1.07 bits per heavy atom. The lowest BCUT2D eigenvalue weighted by atomic mass is 10.1. The zero-order chi connectivity index (χ0) is 21.6. The summed E-state index contributed by atoms with van der Waals surface area (Å²) in [6, 6.07) is 16.8. The predicted octanol–water partition coefficient (Wildman–Crippen LogP) is 1.89.